The predicted molar refractivity (Wildman–Crippen MR) is 101 cm³/mol. The summed E-state index contributed by atoms with van der Waals surface area (Å²) in [5.74, 6) is -0.663. The van der Waals surface area contributed by atoms with Gasteiger partial charge in [0.25, 0.3) is 11.8 Å². The van der Waals surface area contributed by atoms with E-state index < -0.39 is 0 Å². The molecule has 0 unspecified atom stereocenters. The molecule has 0 aliphatic heterocycles. The second kappa shape index (κ2) is 7.72. The first-order valence-electron chi connectivity index (χ1n) is 7.77. The molecule has 0 saturated carbocycles. The molecule has 0 bridgehead atoms. The first-order valence-corrected chi connectivity index (χ1v) is 8.65. The third-order valence-corrected chi connectivity index (χ3v) is 4.67. The lowest BCUT2D eigenvalue weighted by Crippen LogP contribution is -2.35. The lowest BCUT2D eigenvalue weighted by atomic mass is 10.0. The van der Waals surface area contributed by atoms with Gasteiger partial charge in [-0.3, -0.25) is 9.59 Å². The van der Waals surface area contributed by atoms with Crippen LogP contribution in [0.15, 0.2) is 59.0 Å². The Kier molecular flexibility index (Phi) is 5.20. The van der Waals surface area contributed by atoms with Gasteiger partial charge >= 0.3 is 0 Å². The van der Waals surface area contributed by atoms with E-state index in [1.54, 1.807) is 23.6 Å². The Bertz CT molecular complexity index is 941. The number of hydrogen-bond donors (Lipinski definition) is 2. The summed E-state index contributed by atoms with van der Waals surface area (Å²) in [6.45, 7) is 1.84. The van der Waals surface area contributed by atoms with Crippen molar-refractivity contribution in [3.63, 3.8) is 0 Å². The molecule has 1 aromatic heterocycles. The van der Waals surface area contributed by atoms with E-state index in [1.165, 1.54) is 0 Å². The second-order valence-corrected chi connectivity index (χ2v) is 6.42. The van der Waals surface area contributed by atoms with E-state index >= 15 is 0 Å². The standard InChI is InChI=1S/C19H17N3O2S/c1-13-9-10-25-17(13)11-21-22-18(23)12-20-19(24)16-8-4-6-14-5-2-3-7-15(14)16/h2-11H,12H2,1H3,(H,20,24)(H,22,23)/b21-11+. The molecule has 0 fully saturated rings. The Hall–Kier alpha value is -2.99. The van der Waals surface area contributed by atoms with Gasteiger partial charge in [0.15, 0.2) is 0 Å². The Morgan fingerprint density at radius 1 is 1.12 bits per heavy atom. The van der Waals surface area contributed by atoms with Gasteiger partial charge in [-0.2, -0.15) is 5.10 Å². The largest absolute Gasteiger partial charge is 0.343 e. The lowest BCUT2D eigenvalue weighted by molar-refractivity contribution is -0.120. The van der Waals surface area contributed by atoms with Gasteiger partial charge in [-0.15, -0.1) is 11.3 Å². The van der Waals surface area contributed by atoms with Gasteiger partial charge < -0.3 is 5.32 Å². The molecule has 25 heavy (non-hydrogen) atoms. The summed E-state index contributed by atoms with van der Waals surface area (Å²) in [7, 11) is 0. The molecule has 2 N–H and O–H groups in total. The molecule has 0 aliphatic carbocycles. The number of carbonyl (C=O) groups is 2. The van der Waals surface area contributed by atoms with Crippen LogP contribution in [0.3, 0.4) is 0 Å². The molecule has 0 aliphatic rings. The number of carbonyl (C=O) groups excluding carboxylic acids is 2. The second-order valence-electron chi connectivity index (χ2n) is 5.47. The zero-order chi connectivity index (χ0) is 17.6. The van der Waals surface area contributed by atoms with Gasteiger partial charge in [-0.25, -0.2) is 5.43 Å². The highest BCUT2D eigenvalue weighted by Gasteiger charge is 2.10. The van der Waals surface area contributed by atoms with Crippen LogP contribution in [-0.2, 0) is 4.79 Å². The van der Waals surface area contributed by atoms with Crippen LogP contribution in [0.25, 0.3) is 10.8 Å². The van der Waals surface area contributed by atoms with E-state index in [1.807, 2.05) is 54.8 Å². The molecule has 0 saturated heterocycles. The van der Waals surface area contributed by atoms with Crippen LogP contribution < -0.4 is 10.7 Å². The molecular weight excluding hydrogens is 334 g/mol. The molecule has 5 nitrogen and oxygen atoms in total. The summed E-state index contributed by atoms with van der Waals surface area (Å²) < 4.78 is 0. The normalized spacial score (nSPS) is 10.9. The first kappa shape index (κ1) is 16.9. The minimum atomic E-state index is -0.376. The van der Waals surface area contributed by atoms with Crippen LogP contribution >= 0.6 is 11.3 Å². The third-order valence-electron chi connectivity index (χ3n) is 3.72. The van der Waals surface area contributed by atoms with Gasteiger partial charge in [-0.1, -0.05) is 36.4 Å². The summed E-state index contributed by atoms with van der Waals surface area (Å²) in [6.07, 6.45) is 1.60. The highest BCUT2D eigenvalue weighted by atomic mass is 32.1. The molecule has 2 aromatic carbocycles. The zero-order valence-corrected chi connectivity index (χ0v) is 14.5. The first-order chi connectivity index (χ1) is 12.1. The number of thiophene rings is 1. The maximum Gasteiger partial charge on any atom is 0.259 e. The fraction of sp³-hybridized carbons (Fsp3) is 0.105. The van der Waals surface area contributed by atoms with E-state index in [-0.39, 0.29) is 18.4 Å². The minimum absolute atomic E-state index is 0.136. The number of nitrogens with zero attached hydrogens (tertiary/aromatic N) is 1. The topological polar surface area (TPSA) is 70.6 Å². The number of benzene rings is 2. The maximum atomic E-state index is 12.3. The van der Waals surface area contributed by atoms with E-state index in [4.69, 9.17) is 0 Å². The number of nitrogens with one attached hydrogen (secondary N) is 2. The van der Waals surface area contributed by atoms with E-state index in [0.29, 0.717) is 5.56 Å². The van der Waals surface area contributed by atoms with Gasteiger partial charge in [0.2, 0.25) is 0 Å². The number of hydrazone groups is 1. The van der Waals surface area contributed by atoms with Crippen molar-refractivity contribution in [2.45, 2.75) is 6.92 Å². The summed E-state index contributed by atoms with van der Waals surface area (Å²) in [5.41, 5.74) is 4.06. The van der Waals surface area contributed by atoms with Gasteiger partial charge in [0.05, 0.1) is 12.8 Å². The van der Waals surface area contributed by atoms with Crippen molar-refractivity contribution < 1.29 is 9.59 Å². The number of fused-ring (bicyclic) bond motifs is 1. The molecule has 6 heteroatoms. The molecule has 3 rings (SSSR count). The van der Waals surface area contributed by atoms with Crippen molar-refractivity contribution in [3.05, 3.63) is 69.9 Å². The minimum Gasteiger partial charge on any atom is -0.343 e. The van der Waals surface area contributed by atoms with Gasteiger partial charge in [0, 0.05) is 10.4 Å². The van der Waals surface area contributed by atoms with Crippen molar-refractivity contribution in [2.24, 2.45) is 5.10 Å². The van der Waals surface area contributed by atoms with Crippen LogP contribution in [0.2, 0.25) is 0 Å². The molecule has 126 valence electrons. The van der Waals surface area contributed by atoms with Crippen molar-refractivity contribution in [1.29, 1.82) is 0 Å². The fourth-order valence-corrected chi connectivity index (χ4v) is 3.18. The number of amides is 2. The summed E-state index contributed by atoms with van der Waals surface area (Å²) in [4.78, 5) is 25.1. The molecular formula is C19H17N3O2S. The van der Waals surface area contributed by atoms with Crippen molar-refractivity contribution >= 4 is 40.1 Å². The molecule has 1 heterocycles. The Balaban J connectivity index is 1.57. The Morgan fingerprint density at radius 2 is 1.92 bits per heavy atom. The van der Waals surface area contributed by atoms with Crippen LogP contribution in [0.4, 0.5) is 0 Å². The predicted octanol–water partition coefficient (Wildman–Crippen LogP) is 3.09. The van der Waals surface area contributed by atoms with E-state index in [2.05, 4.69) is 15.8 Å². The highest BCUT2D eigenvalue weighted by Crippen LogP contribution is 2.18. The van der Waals surface area contributed by atoms with Gasteiger partial charge in [0.1, 0.15) is 0 Å². The lowest BCUT2D eigenvalue weighted by Gasteiger charge is -2.07. The monoisotopic (exact) mass is 351 g/mol. The summed E-state index contributed by atoms with van der Waals surface area (Å²) in [5, 5.41) is 10.3. The number of rotatable bonds is 5. The Labute approximate surface area is 149 Å². The SMILES string of the molecule is Cc1ccsc1/C=N/NC(=O)CNC(=O)c1cccc2ccccc12. The van der Waals surface area contributed by atoms with Crippen LogP contribution in [0, 0.1) is 6.92 Å². The molecule has 2 amide bonds. The van der Waals surface area contributed by atoms with Crippen molar-refractivity contribution in [2.75, 3.05) is 6.54 Å². The average molecular weight is 351 g/mol. The fourth-order valence-electron chi connectivity index (χ4n) is 2.40. The molecule has 0 radical (unpaired) electrons. The van der Waals surface area contributed by atoms with Crippen LogP contribution in [0.5, 0.6) is 0 Å². The number of aryl methyl sites for hydroxylation is 1. The zero-order valence-electron chi connectivity index (χ0n) is 13.7. The van der Waals surface area contributed by atoms with Gasteiger partial charge in [-0.05, 0) is 40.8 Å². The summed E-state index contributed by atoms with van der Waals surface area (Å²) >= 11 is 1.55. The highest BCUT2D eigenvalue weighted by molar-refractivity contribution is 7.11. The molecule has 0 spiro atoms. The molecule has 3 aromatic rings. The van der Waals surface area contributed by atoms with E-state index in [0.717, 1.165) is 21.2 Å². The van der Waals surface area contributed by atoms with Crippen LogP contribution in [-0.4, -0.2) is 24.6 Å². The average Bonchev–Trinajstić information content (AvgIpc) is 3.04. The Morgan fingerprint density at radius 3 is 2.72 bits per heavy atom. The molecule has 0 atom stereocenters. The third kappa shape index (κ3) is 4.10. The van der Waals surface area contributed by atoms with Crippen molar-refractivity contribution in [1.82, 2.24) is 10.7 Å². The number of hydrogen-bond acceptors (Lipinski definition) is 4. The maximum absolute atomic E-state index is 12.3. The summed E-state index contributed by atoms with van der Waals surface area (Å²) in [6, 6.07) is 15.1. The van der Waals surface area contributed by atoms with Crippen molar-refractivity contribution in [3.8, 4) is 0 Å². The van der Waals surface area contributed by atoms with Crippen LogP contribution in [0.1, 0.15) is 20.8 Å². The van der Waals surface area contributed by atoms with E-state index in [9.17, 15) is 9.59 Å². The smallest absolute Gasteiger partial charge is 0.259 e. The quantitative estimate of drug-likeness (QED) is 0.548.